The Morgan fingerprint density at radius 3 is 2.60 bits per heavy atom. The number of hydrogen-bond donors (Lipinski definition) is 1. The summed E-state index contributed by atoms with van der Waals surface area (Å²) < 4.78 is 19.6. The molecule has 1 amide bonds. The van der Waals surface area contributed by atoms with Crippen molar-refractivity contribution in [3.8, 4) is 0 Å². The van der Waals surface area contributed by atoms with Gasteiger partial charge in [0.2, 0.25) is 5.91 Å². The van der Waals surface area contributed by atoms with Crippen LogP contribution in [0.1, 0.15) is 50.8 Å². The SMILES string of the molecule is Cc1nc2cccc(F)c2cc1C(CCC(N)=O)C(=O)OC(C)(C)C. The highest BCUT2D eigenvalue weighted by molar-refractivity contribution is 5.85. The molecule has 0 aliphatic rings. The highest BCUT2D eigenvalue weighted by atomic mass is 19.1. The molecule has 2 N–H and O–H groups in total. The number of ether oxygens (including phenoxy) is 1. The average molecular weight is 346 g/mol. The van der Waals surface area contributed by atoms with Crippen LogP contribution in [0.3, 0.4) is 0 Å². The third kappa shape index (κ3) is 4.75. The van der Waals surface area contributed by atoms with E-state index in [0.717, 1.165) is 0 Å². The number of esters is 1. The van der Waals surface area contributed by atoms with Crippen molar-refractivity contribution in [3.05, 3.63) is 41.3 Å². The summed E-state index contributed by atoms with van der Waals surface area (Å²) >= 11 is 0. The van der Waals surface area contributed by atoms with Gasteiger partial charge >= 0.3 is 5.97 Å². The van der Waals surface area contributed by atoms with Crippen LogP contribution in [0, 0.1) is 12.7 Å². The number of nitrogens with zero attached hydrogens (tertiary/aromatic N) is 1. The second-order valence-corrected chi connectivity index (χ2v) is 7.06. The van der Waals surface area contributed by atoms with Gasteiger partial charge in [-0.15, -0.1) is 0 Å². The Hall–Kier alpha value is -2.50. The van der Waals surface area contributed by atoms with Crippen molar-refractivity contribution in [1.82, 2.24) is 4.98 Å². The summed E-state index contributed by atoms with van der Waals surface area (Å²) in [4.78, 5) is 28.2. The zero-order chi connectivity index (χ0) is 18.8. The van der Waals surface area contributed by atoms with E-state index in [1.54, 1.807) is 45.9 Å². The smallest absolute Gasteiger partial charge is 0.314 e. The zero-order valence-corrected chi connectivity index (χ0v) is 14.9. The van der Waals surface area contributed by atoms with Gasteiger partial charge in [0.25, 0.3) is 0 Å². The fourth-order valence-electron chi connectivity index (χ4n) is 2.68. The number of rotatable bonds is 5. The van der Waals surface area contributed by atoms with Crippen molar-refractivity contribution >= 4 is 22.8 Å². The summed E-state index contributed by atoms with van der Waals surface area (Å²) in [5.74, 6) is -2.13. The van der Waals surface area contributed by atoms with Gasteiger partial charge in [-0.2, -0.15) is 0 Å². The lowest BCUT2D eigenvalue weighted by molar-refractivity contribution is -0.157. The Bertz CT molecular complexity index is 812. The molecule has 2 rings (SSSR count). The van der Waals surface area contributed by atoms with Gasteiger partial charge in [0, 0.05) is 17.5 Å². The minimum absolute atomic E-state index is 0.0264. The first-order valence-corrected chi connectivity index (χ1v) is 8.15. The summed E-state index contributed by atoms with van der Waals surface area (Å²) in [6.45, 7) is 7.05. The van der Waals surface area contributed by atoms with E-state index >= 15 is 0 Å². The molecule has 6 heteroatoms. The van der Waals surface area contributed by atoms with Gasteiger partial charge < -0.3 is 10.5 Å². The molecular formula is C19H23FN2O3. The van der Waals surface area contributed by atoms with E-state index < -0.39 is 29.2 Å². The number of aryl methyl sites for hydroxylation is 1. The molecule has 0 aliphatic heterocycles. The van der Waals surface area contributed by atoms with Gasteiger partial charge in [0.05, 0.1) is 11.4 Å². The summed E-state index contributed by atoms with van der Waals surface area (Å²) in [6.07, 6.45) is 0.214. The van der Waals surface area contributed by atoms with Crippen LogP contribution in [0.25, 0.3) is 10.9 Å². The first-order valence-electron chi connectivity index (χ1n) is 8.15. The number of halogens is 1. The number of fused-ring (bicyclic) bond motifs is 1. The zero-order valence-electron chi connectivity index (χ0n) is 14.9. The summed E-state index contributed by atoms with van der Waals surface area (Å²) in [7, 11) is 0. The Morgan fingerprint density at radius 2 is 2.00 bits per heavy atom. The molecule has 0 fully saturated rings. The molecule has 1 aromatic carbocycles. The number of aromatic nitrogens is 1. The predicted octanol–water partition coefficient (Wildman–Crippen LogP) is 3.37. The molecule has 0 radical (unpaired) electrons. The third-order valence-electron chi connectivity index (χ3n) is 3.78. The van der Waals surface area contributed by atoms with E-state index in [1.165, 1.54) is 6.07 Å². The van der Waals surface area contributed by atoms with Crippen LogP contribution in [-0.4, -0.2) is 22.5 Å². The predicted molar refractivity (Wildman–Crippen MR) is 93.5 cm³/mol. The van der Waals surface area contributed by atoms with Crippen LogP contribution >= 0.6 is 0 Å². The highest BCUT2D eigenvalue weighted by Gasteiger charge is 2.29. The average Bonchev–Trinajstić information content (AvgIpc) is 2.46. The standard InChI is InChI=1S/C19H23FN2O3/c1-11-13(10-14-15(20)6-5-7-16(14)22-11)12(8-9-17(21)23)18(24)25-19(2,3)4/h5-7,10,12H,8-9H2,1-4H3,(H2,21,23). The number of carbonyl (C=O) groups excluding carboxylic acids is 2. The van der Waals surface area contributed by atoms with Gasteiger partial charge in [-0.05, 0) is 57.9 Å². The fourth-order valence-corrected chi connectivity index (χ4v) is 2.68. The molecule has 1 heterocycles. The minimum Gasteiger partial charge on any atom is -0.459 e. The van der Waals surface area contributed by atoms with Gasteiger partial charge in [-0.1, -0.05) is 6.07 Å². The van der Waals surface area contributed by atoms with E-state index in [0.29, 0.717) is 22.2 Å². The number of hydrogen-bond acceptors (Lipinski definition) is 4. The second-order valence-electron chi connectivity index (χ2n) is 7.06. The summed E-state index contributed by atoms with van der Waals surface area (Å²) in [5.41, 5.74) is 6.22. The fraction of sp³-hybridized carbons (Fsp3) is 0.421. The van der Waals surface area contributed by atoms with Crippen molar-refractivity contribution in [3.63, 3.8) is 0 Å². The number of nitrogens with two attached hydrogens (primary N) is 1. The van der Waals surface area contributed by atoms with Gasteiger partial charge in [-0.3, -0.25) is 14.6 Å². The van der Waals surface area contributed by atoms with Gasteiger partial charge in [0.1, 0.15) is 11.4 Å². The number of amides is 1. The molecule has 0 aliphatic carbocycles. The van der Waals surface area contributed by atoms with Crippen molar-refractivity contribution in [2.75, 3.05) is 0 Å². The molecule has 0 spiro atoms. The van der Waals surface area contributed by atoms with E-state index in [-0.39, 0.29) is 12.8 Å². The first-order chi connectivity index (χ1) is 11.6. The van der Waals surface area contributed by atoms with Crippen LogP contribution in [0.5, 0.6) is 0 Å². The van der Waals surface area contributed by atoms with E-state index in [4.69, 9.17) is 10.5 Å². The third-order valence-corrected chi connectivity index (χ3v) is 3.78. The van der Waals surface area contributed by atoms with E-state index in [1.807, 2.05) is 0 Å². The monoisotopic (exact) mass is 346 g/mol. The Kier molecular flexibility index (Phi) is 5.40. The Morgan fingerprint density at radius 1 is 1.32 bits per heavy atom. The largest absolute Gasteiger partial charge is 0.459 e. The molecule has 2 aromatic rings. The second kappa shape index (κ2) is 7.17. The number of benzene rings is 1. The van der Waals surface area contributed by atoms with Crippen molar-refractivity contribution in [2.45, 2.75) is 52.1 Å². The number of carbonyl (C=O) groups is 2. The summed E-state index contributed by atoms with van der Waals surface area (Å²) in [5, 5.41) is 0.329. The lowest BCUT2D eigenvalue weighted by Crippen LogP contribution is -2.29. The Labute approximate surface area is 146 Å². The van der Waals surface area contributed by atoms with Crippen LogP contribution in [-0.2, 0) is 14.3 Å². The highest BCUT2D eigenvalue weighted by Crippen LogP contribution is 2.30. The molecule has 0 saturated heterocycles. The maximum absolute atomic E-state index is 14.1. The van der Waals surface area contributed by atoms with Crippen LogP contribution < -0.4 is 5.73 Å². The number of pyridine rings is 1. The lowest BCUT2D eigenvalue weighted by atomic mass is 9.91. The first kappa shape index (κ1) is 18.8. The van der Waals surface area contributed by atoms with Crippen LogP contribution in [0.2, 0.25) is 0 Å². The lowest BCUT2D eigenvalue weighted by Gasteiger charge is -2.25. The maximum atomic E-state index is 14.1. The quantitative estimate of drug-likeness (QED) is 0.842. The molecular weight excluding hydrogens is 323 g/mol. The van der Waals surface area contributed by atoms with E-state index in [2.05, 4.69) is 4.98 Å². The molecule has 5 nitrogen and oxygen atoms in total. The molecule has 1 unspecified atom stereocenters. The molecule has 0 bridgehead atoms. The normalized spacial score (nSPS) is 12.8. The number of primary amides is 1. The maximum Gasteiger partial charge on any atom is 0.314 e. The molecule has 134 valence electrons. The van der Waals surface area contributed by atoms with Crippen LogP contribution in [0.4, 0.5) is 4.39 Å². The molecule has 1 aromatic heterocycles. The summed E-state index contributed by atoms with van der Waals surface area (Å²) in [6, 6.07) is 6.25. The minimum atomic E-state index is -0.733. The molecule has 25 heavy (non-hydrogen) atoms. The molecule has 1 atom stereocenters. The Balaban J connectivity index is 2.50. The van der Waals surface area contributed by atoms with Crippen LogP contribution in [0.15, 0.2) is 24.3 Å². The van der Waals surface area contributed by atoms with Gasteiger partial charge in [0.15, 0.2) is 0 Å². The van der Waals surface area contributed by atoms with Crippen molar-refractivity contribution in [2.24, 2.45) is 5.73 Å². The van der Waals surface area contributed by atoms with E-state index in [9.17, 15) is 14.0 Å². The van der Waals surface area contributed by atoms with Gasteiger partial charge in [-0.25, -0.2) is 4.39 Å². The molecule has 0 saturated carbocycles. The van der Waals surface area contributed by atoms with Crippen molar-refractivity contribution in [1.29, 1.82) is 0 Å². The van der Waals surface area contributed by atoms with Crippen molar-refractivity contribution < 1.29 is 18.7 Å². The topological polar surface area (TPSA) is 82.3 Å².